The average molecular weight is 1960 g/mol. The standard InChI is InChI=1S/C111H105N3S15/c1-7-13-19-25-31-73-40-52-91(115-73)85-67-106(127-109(85)103-58-46-76(121-103)34-28-22-16-10-4)100-64-61-97(124-100)94-55-43-79(118-94)37-49-82-88(70-112)83(50-38-80-44-56-95(119-80)98-62-65-101(125-98)107-68-86(92-53-41-74(116-92)32-26-20-14-8-2)110(128-107)104-59-47-77(122-104)35-29-23-17-11-5)90(72-114)84(89(82)71-113)51-39-81-45-57-96(120-81)99-63-66-102(126-99)108-69-87(93-54-42-75(117-93)33-27-21-15-9-3)111(129-108)105-60-48-78(123-105)36-30-24-18-12-6/h40-48,52-69H,7-36H2,1-6H3. The molecule has 0 aliphatic rings. The van der Waals surface area contributed by atoms with Gasteiger partial charge in [0.1, 0.15) is 18.2 Å². The third kappa shape index (κ3) is 23.7. The number of nitriles is 3. The second kappa shape index (κ2) is 47.0. The lowest BCUT2D eigenvalue weighted by Gasteiger charge is -2.09. The lowest BCUT2D eigenvalue weighted by atomic mass is 9.88. The molecule has 3 nitrogen and oxygen atoms in total. The number of unbranched alkanes of at least 4 members (excludes halogenated alkanes) is 18. The summed E-state index contributed by atoms with van der Waals surface area (Å²) in [5.41, 5.74) is 4.83. The van der Waals surface area contributed by atoms with Crippen LogP contribution in [0, 0.1) is 69.5 Å². The lowest BCUT2D eigenvalue weighted by molar-refractivity contribution is 0.670. The number of thiophene rings is 15. The van der Waals surface area contributed by atoms with Gasteiger partial charge in [-0.05, 0) is 241 Å². The van der Waals surface area contributed by atoms with Crippen LogP contribution in [0.3, 0.4) is 0 Å². The van der Waals surface area contributed by atoms with E-state index < -0.39 is 0 Å². The van der Waals surface area contributed by atoms with Crippen LogP contribution in [0.1, 0.15) is 273 Å². The average Bonchev–Trinajstić information content (AvgIpc) is 1.74. The molecule has 0 saturated carbocycles. The van der Waals surface area contributed by atoms with Crippen LogP contribution >= 0.6 is 170 Å². The van der Waals surface area contributed by atoms with E-state index in [1.807, 2.05) is 120 Å². The SMILES string of the molecule is CCCCCCc1ccc(-c2cc(-c3ccc(-c4ccc(C#Cc5c(C#N)c(C#Cc6ccc(-c7ccc(-c8cc(-c9ccc(CCCCCC)s9)c(-c9ccc(CCCCCC)s9)s8)s7)s6)c(C#N)c(C#Cc6ccc(-c7ccc(-c8cc(-c9ccc(CCCCCC)s9)c(-c9ccc(CCCCCC)s9)s8)s7)s6)c5C#N)s4)s3)sc2-c2ccc(CCCCCC)s2)s1. The summed E-state index contributed by atoms with van der Waals surface area (Å²) in [6.45, 7) is 13.7. The Morgan fingerprint density at radius 2 is 0.380 bits per heavy atom. The Labute approximate surface area is 824 Å². The smallest absolute Gasteiger partial charge is 0.102 e. The van der Waals surface area contributed by atoms with E-state index in [-0.39, 0.29) is 33.4 Å². The van der Waals surface area contributed by atoms with Gasteiger partial charge in [-0.15, -0.1) is 170 Å². The number of rotatable bonds is 42. The van der Waals surface area contributed by atoms with Crippen molar-refractivity contribution in [2.24, 2.45) is 0 Å². The van der Waals surface area contributed by atoms with Gasteiger partial charge in [0, 0.05) is 134 Å². The molecule has 1 aromatic carbocycles. The van der Waals surface area contributed by atoms with Crippen molar-refractivity contribution < 1.29 is 0 Å². The maximum atomic E-state index is 11.5. The summed E-state index contributed by atoms with van der Waals surface area (Å²) in [4.78, 5) is 37.3. The second-order valence-electron chi connectivity index (χ2n) is 32.8. The first-order valence-corrected chi connectivity index (χ1v) is 58.3. The first kappa shape index (κ1) is 94.1. The molecule has 0 aliphatic carbocycles. The predicted octanol–water partition coefficient (Wildman–Crippen LogP) is 39.2. The van der Waals surface area contributed by atoms with Gasteiger partial charge >= 0.3 is 0 Å². The van der Waals surface area contributed by atoms with Gasteiger partial charge in [-0.3, -0.25) is 0 Å². The maximum Gasteiger partial charge on any atom is 0.102 e. The van der Waals surface area contributed by atoms with Crippen LogP contribution in [-0.4, -0.2) is 0 Å². The van der Waals surface area contributed by atoms with Crippen molar-refractivity contribution in [3.8, 4) is 173 Å². The Morgan fingerprint density at radius 1 is 0.178 bits per heavy atom. The molecular weight excluding hydrogens is 1860 g/mol. The third-order valence-corrected chi connectivity index (χ3v) is 41.5. The number of aryl methyl sites for hydroxylation is 6. The van der Waals surface area contributed by atoms with Crippen molar-refractivity contribution in [3.63, 3.8) is 0 Å². The van der Waals surface area contributed by atoms with Crippen LogP contribution in [0.5, 0.6) is 0 Å². The number of hydrogen-bond acceptors (Lipinski definition) is 18. The van der Waals surface area contributed by atoms with Gasteiger partial charge in [-0.1, -0.05) is 193 Å². The molecule has 0 fully saturated rings. The summed E-state index contributed by atoms with van der Waals surface area (Å²) in [5.74, 6) is 20.4. The fraction of sp³-hybridized carbons (Fsp3) is 0.324. The fourth-order valence-electron chi connectivity index (χ4n) is 16.1. The first-order chi connectivity index (χ1) is 63.5. The molecule has 0 amide bonds. The minimum Gasteiger partial charge on any atom is -0.192 e. The zero-order chi connectivity index (χ0) is 88.8. The molecule has 129 heavy (non-hydrogen) atoms. The quantitative estimate of drug-likeness (QED) is 0.0283. The molecule has 0 bridgehead atoms. The molecular formula is C111H105N3S15. The summed E-state index contributed by atoms with van der Waals surface area (Å²) >= 11 is 27.6. The van der Waals surface area contributed by atoms with Crippen LogP contribution in [0.25, 0.3) is 119 Å². The van der Waals surface area contributed by atoms with Crippen molar-refractivity contribution in [2.45, 2.75) is 234 Å². The minimum atomic E-state index is 0.0816. The van der Waals surface area contributed by atoms with Crippen LogP contribution in [-0.2, 0) is 38.5 Å². The van der Waals surface area contributed by atoms with E-state index in [9.17, 15) is 15.8 Å². The highest BCUT2D eigenvalue weighted by molar-refractivity contribution is 7.31. The zero-order valence-electron chi connectivity index (χ0n) is 74.3. The van der Waals surface area contributed by atoms with Gasteiger partial charge in [0.05, 0.1) is 62.6 Å². The minimum absolute atomic E-state index is 0.0816. The Balaban J connectivity index is 0.717. The van der Waals surface area contributed by atoms with Crippen molar-refractivity contribution in [3.05, 3.63) is 241 Å². The van der Waals surface area contributed by atoms with Gasteiger partial charge in [0.15, 0.2) is 0 Å². The molecule has 15 aromatic heterocycles. The largest absolute Gasteiger partial charge is 0.192 e. The summed E-state index contributed by atoms with van der Waals surface area (Å²) in [7, 11) is 0. The summed E-state index contributed by atoms with van der Waals surface area (Å²) < 4.78 is 0. The van der Waals surface area contributed by atoms with Crippen LogP contribution in [0.2, 0.25) is 0 Å². The highest BCUT2D eigenvalue weighted by atomic mass is 32.2. The molecule has 18 heteroatoms. The molecule has 0 aliphatic heterocycles. The topological polar surface area (TPSA) is 71.4 Å². The van der Waals surface area contributed by atoms with Gasteiger partial charge in [0.25, 0.3) is 0 Å². The predicted molar refractivity (Wildman–Crippen MR) is 578 cm³/mol. The van der Waals surface area contributed by atoms with Gasteiger partial charge < -0.3 is 0 Å². The molecule has 0 saturated heterocycles. The van der Waals surface area contributed by atoms with E-state index in [0.29, 0.717) is 0 Å². The highest BCUT2D eigenvalue weighted by Gasteiger charge is 2.27. The third-order valence-electron chi connectivity index (χ3n) is 23.2. The number of nitrogens with zero attached hydrogens (tertiary/aromatic N) is 3. The summed E-state index contributed by atoms with van der Waals surface area (Å²) in [6.07, 6.45) is 36.9. The lowest BCUT2D eigenvalue weighted by Crippen LogP contribution is -2.04. The molecule has 0 atom stereocenters. The number of benzene rings is 1. The second-order valence-corrected chi connectivity index (χ2v) is 49.5. The van der Waals surface area contributed by atoms with Crippen molar-refractivity contribution >= 4 is 170 Å². The normalized spacial score (nSPS) is 11.3. The van der Waals surface area contributed by atoms with E-state index in [4.69, 9.17) is 0 Å². The first-order valence-electron chi connectivity index (χ1n) is 46.1. The van der Waals surface area contributed by atoms with Crippen molar-refractivity contribution in [1.82, 2.24) is 0 Å². The van der Waals surface area contributed by atoms with Gasteiger partial charge in [-0.2, -0.15) is 15.8 Å². The van der Waals surface area contributed by atoms with E-state index in [1.54, 1.807) is 68.0 Å². The number of hydrogen-bond donors (Lipinski definition) is 0. The van der Waals surface area contributed by atoms with E-state index in [2.05, 4.69) is 241 Å². The summed E-state index contributed by atoms with van der Waals surface area (Å²) in [6, 6.07) is 68.8. The monoisotopic (exact) mass is 1960 g/mol. The Kier molecular flexibility index (Phi) is 34.3. The molecule has 654 valence electrons. The maximum absolute atomic E-state index is 11.5. The Hall–Kier alpha value is -8.13. The van der Waals surface area contributed by atoms with Crippen molar-refractivity contribution in [2.75, 3.05) is 0 Å². The molecule has 0 unspecified atom stereocenters. The van der Waals surface area contributed by atoms with Crippen molar-refractivity contribution in [1.29, 1.82) is 15.8 Å². The summed E-state index contributed by atoms with van der Waals surface area (Å²) in [5, 5.41) is 34.4. The molecule has 0 N–H and O–H groups in total. The molecule has 16 aromatic rings. The molecule has 16 rings (SSSR count). The van der Waals surface area contributed by atoms with Gasteiger partial charge in [-0.25, -0.2) is 0 Å². The molecule has 15 heterocycles. The van der Waals surface area contributed by atoms with E-state index >= 15 is 0 Å². The van der Waals surface area contributed by atoms with Crippen LogP contribution in [0.4, 0.5) is 0 Å². The van der Waals surface area contributed by atoms with Gasteiger partial charge in [0.2, 0.25) is 0 Å². The molecule has 0 radical (unpaired) electrons. The van der Waals surface area contributed by atoms with E-state index in [1.165, 1.54) is 273 Å². The van der Waals surface area contributed by atoms with Crippen LogP contribution < -0.4 is 0 Å². The van der Waals surface area contributed by atoms with E-state index in [0.717, 1.165) is 82.4 Å². The highest BCUT2D eigenvalue weighted by Crippen LogP contribution is 2.54. The van der Waals surface area contributed by atoms with Crippen LogP contribution in [0.15, 0.2) is 164 Å². The fourth-order valence-corrected chi connectivity index (χ4v) is 32.7. The molecule has 0 spiro atoms. The zero-order valence-corrected chi connectivity index (χ0v) is 86.5. The Bertz CT molecular complexity index is 5920. The Morgan fingerprint density at radius 3 is 0.612 bits per heavy atom.